The largest absolute Gasteiger partial charge is 0.465 e. The Morgan fingerprint density at radius 2 is 2.08 bits per heavy atom. The van der Waals surface area contributed by atoms with Crippen molar-refractivity contribution in [3.8, 4) is 0 Å². The highest BCUT2D eigenvalue weighted by Gasteiger charge is 2.13. The van der Waals surface area contributed by atoms with Crippen molar-refractivity contribution in [3.05, 3.63) is 22.7 Å². The van der Waals surface area contributed by atoms with Crippen LogP contribution in [-0.2, 0) is 4.74 Å². The summed E-state index contributed by atoms with van der Waals surface area (Å²) >= 11 is 5.71. The second kappa shape index (κ2) is 3.53. The number of benzene rings is 1. The Balaban J connectivity index is 3.28. The summed E-state index contributed by atoms with van der Waals surface area (Å²) in [6, 6.07) is 2.90. The van der Waals surface area contributed by atoms with E-state index in [-0.39, 0.29) is 16.3 Å². The van der Waals surface area contributed by atoms with Gasteiger partial charge in [0, 0.05) is 5.69 Å². The lowest BCUT2D eigenvalue weighted by Crippen LogP contribution is -2.06. The summed E-state index contributed by atoms with van der Waals surface area (Å²) in [7, 11) is 1.26. The summed E-state index contributed by atoms with van der Waals surface area (Å²) in [5.41, 5.74) is 11.8. The maximum Gasteiger partial charge on any atom is 0.340 e. The zero-order valence-corrected chi connectivity index (χ0v) is 7.76. The molecular formula is C8H9ClN2O2. The van der Waals surface area contributed by atoms with Crippen molar-refractivity contribution in [2.45, 2.75) is 0 Å². The molecule has 0 aliphatic heterocycles. The summed E-state index contributed by atoms with van der Waals surface area (Å²) in [6.07, 6.45) is 0. The average Bonchev–Trinajstić information content (AvgIpc) is 2.10. The second-order valence-electron chi connectivity index (χ2n) is 2.46. The van der Waals surface area contributed by atoms with Crippen LogP contribution in [0.3, 0.4) is 0 Å². The lowest BCUT2D eigenvalue weighted by Gasteiger charge is -2.06. The lowest BCUT2D eigenvalue weighted by atomic mass is 10.1. The Kier molecular flexibility index (Phi) is 2.63. The van der Waals surface area contributed by atoms with Gasteiger partial charge in [0.05, 0.1) is 23.4 Å². The van der Waals surface area contributed by atoms with Crippen LogP contribution in [0.1, 0.15) is 10.4 Å². The molecule has 0 bridgehead atoms. The third-order valence-electron chi connectivity index (χ3n) is 1.56. The van der Waals surface area contributed by atoms with Crippen molar-refractivity contribution in [2.24, 2.45) is 0 Å². The Bertz CT molecular complexity index is 352. The molecule has 0 heterocycles. The van der Waals surface area contributed by atoms with Crippen LogP contribution in [0.15, 0.2) is 12.1 Å². The van der Waals surface area contributed by atoms with Gasteiger partial charge in [0.15, 0.2) is 0 Å². The minimum Gasteiger partial charge on any atom is -0.465 e. The van der Waals surface area contributed by atoms with E-state index in [0.29, 0.717) is 5.69 Å². The average molecular weight is 201 g/mol. The summed E-state index contributed by atoms with van der Waals surface area (Å²) < 4.78 is 4.49. The summed E-state index contributed by atoms with van der Waals surface area (Å²) in [5, 5.41) is 0.250. The monoisotopic (exact) mass is 200 g/mol. The number of esters is 1. The quantitative estimate of drug-likeness (QED) is 0.529. The van der Waals surface area contributed by atoms with Gasteiger partial charge >= 0.3 is 5.97 Å². The van der Waals surface area contributed by atoms with Gasteiger partial charge in [-0.2, -0.15) is 0 Å². The van der Waals surface area contributed by atoms with E-state index in [1.54, 1.807) is 0 Å². The number of nitrogen functional groups attached to an aromatic ring is 2. The number of anilines is 2. The van der Waals surface area contributed by atoms with Crippen LogP contribution < -0.4 is 11.5 Å². The Morgan fingerprint density at radius 1 is 1.46 bits per heavy atom. The van der Waals surface area contributed by atoms with Crippen molar-refractivity contribution < 1.29 is 9.53 Å². The molecule has 0 saturated carbocycles. The van der Waals surface area contributed by atoms with Crippen LogP contribution >= 0.6 is 11.6 Å². The van der Waals surface area contributed by atoms with Crippen LogP contribution in [0.5, 0.6) is 0 Å². The molecule has 0 radical (unpaired) electrons. The number of hydrogen-bond donors (Lipinski definition) is 2. The second-order valence-corrected chi connectivity index (χ2v) is 2.86. The normalized spacial score (nSPS) is 9.69. The molecule has 0 spiro atoms. The first-order valence-electron chi connectivity index (χ1n) is 3.49. The molecule has 4 N–H and O–H groups in total. The van der Waals surface area contributed by atoms with Crippen molar-refractivity contribution >= 4 is 28.9 Å². The predicted molar refractivity (Wildman–Crippen MR) is 51.6 cm³/mol. The molecule has 0 atom stereocenters. The highest BCUT2D eigenvalue weighted by molar-refractivity contribution is 6.34. The molecule has 0 aromatic heterocycles. The van der Waals surface area contributed by atoms with E-state index in [2.05, 4.69) is 4.74 Å². The number of nitrogens with two attached hydrogens (primary N) is 2. The number of ether oxygens (including phenoxy) is 1. The van der Waals surface area contributed by atoms with Crippen molar-refractivity contribution in [1.82, 2.24) is 0 Å². The van der Waals surface area contributed by atoms with Crippen molar-refractivity contribution in [1.29, 1.82) is 0 Å². The lowest BCUT2D eigenvalue weighted by molar-refractivity contribution is 0.0602. The SMILES string of the molecule is COC(=O)c1cc(N)cc(Cl)c1N. The van der Waals surface area contributed by atoms with E-state index in [0.717, 1.165) is 0 Å². The van der Waals surface area contributed by atoms with Gasteiger partial charge < -0.3 is 16.2 Å². The molecule has 0 fully saturated rings. The van der Waals surface area contributed by atoms with E-state index in [4.69, 9.17) is 23.1 Å². The first-order chi connectivity index (χ1) is 6.06. The summed E-state index contributed by atoms with van der Waals surface area (Å²) in [4.78, 5) is 11.1. The van der Waals surface area contributed by atoms with Crippen LogP contribution in [-0.4, -0.2) is 13.1 Å². The van der Waals surface area contributed by atoms with Crippen LogP contribution in [0.25, 0.3) is 0 Å². The van der Waals surface area contributed by atoms with Gasteiger partial charge in [0.25, 0.3) is 0 Å². The predicted octanol–water partition coefficient (Wildman–Crippen LogP) is 1.29. The van der Waals surface area contributed by atoms with Crippen LogP contribution in [0, 0.1) is 0 Å². The van der Waals surface area contributed by atoms with Gasteiger partial charge in [-0.05, 0) is 12.1 Å². The molecule has 0 amide bonds. The van der Waals surface area contributed by atoms with Gasteiger partial charge in [-0.25, -0.2) is 4.79 Å². The molecule has 1 aromatic carbocycles. The molecule has 70 valence electrons. The number of hydrogen-bond acceptors (Lipinski definition) is 4. The standard InChI is InChI=1S/C8H9ClN2O2/c1-13-8(12)5-2-4(10)3-6(9)7(5)11/h2-3H,10-11H2,1H3. The zero-order chi connectivity index (χ0) is 10.0. The molecular weight excluding hydrogens is 192 g/mol. The van der Waals surface area contributed by atoms with Gasteiger partial charge in [-0.1, -0.05) is 11.6 Å². The molecule has 4 nitrogen and oxygen atoms in total. The van der Waals surface area contributed by atoms with E-state index in [1.165, 1.54) is 19.2 Å². The fourth-order valence-electron chi connectivity index (χ4n) is 0.918. The van der Waals surface area contributed by atoms with Gasteiger partial charge in [0.1, 0.15) is 0 Å². The maximum absolute atomic E-state index is 11.1. The molecule has 0 unspecified atom stereocenters. The molecule has 13 heavy (non-hydrogen) atoms. The van der Waals surface area contributed by atoms with E-state index >= 15 is 0 Å². The van der Waals surface area contributed by atoms with E-state index in [9.17, 15) is 4.79 Å². The van der Waals surface area contributed by atoms with Gasteiger partial charge in [-0.15, -0.1) is 0 Å². The Hall–Kier alpha value is -1.42. The smallest absolute Gasteiger partial charge is 0.340 e. The summed E-state index contributed by atoms with van der Waals surface area (Å²) in [6.45, 7) is 0. The first kappa shape index (κ1) is 9.67. The number of carbonyl (C=O) groups excluding carboxylic acids is 1. The highest BCUT2D eigenvalue weighted by Crippen LogP contribution is 2.26. The topological polar surface area (TPSA) is 78.3 Å². The molecule has 0 aliphatic rings. The minimum absolute atomic E-state index is 0.183. The highest BCUT2D eigenvalue weighted by atomic mass is 35.5. The number of carbonyl (C=O) groups is 1. The zero-order valence-electron chi connectivity index (χ0n) is 7.00. The summed E-state index contributed by atoms with van der Waals surface area (Å²) in [5.74, 6) is -0.549. The third-order valence-corrected chi connectivity index (χ3v) is 1.87. The molecule has 0 aliphatic carbocycles. The van der Waals surface area contributed by atoms with Gasteiger partial charge in [-0.3, -0.25) is 0 Å². The van der Waals surface area contributed by atoms with Crippen LogP contribution in [0.4, 0.5) is 11.4 Å². The fraction of sp³-hybridized carbons (Fsp3) is 0.125. The Labute approximate surface area is 80.4 Å². The fourth-order valence-corrected chi connectivity index (χ4v) is 1.15. The Morgan fingerprint density at radius 3 is 2.62 bits per heavy atom. The molecule has 0 saturated heterocycles. The molecule has 1 rings (SSSR count). The van der Waals surface area contributed by atoms with E-state index in [1.807, 2.05) is 0 Å². The number of methoxy groups -OCH3 is 1. The number of rotatable bonds is 1. The first-order valence-corrected chi connectivity index (χ1v) is 3.87. The molecule has 1 aromatic rings. The molecule has 5 heteroatoms. The van der Waals surface area contributed by atoms with Crippen LogP contribution in [0.2, 0.25) is 5.02 Å². The maximum atomic E-state index is 11.1. The van der Waals surface area contributed by atoms with Crippen molar-refractivity contribution in [2.75, 3.05) is 18.6 Å². The minimum atomic E-state index is -0.549. The van der Waals surface area contributed by atoms with Crippen molar-refractivity contribution in [3.63, 3.8) is 0 Å². The van der Waals surface area contributed by atoms with Gasteiger partial charge in [0.2, 0.25) is 0 Å². The third kappa shape index (κ3) is 1.84. The number of halogens is 1. The van der Waals surface area contributed by atoms with E-state index < -0.39 is 5.97 Å².